The van der Waals surface area contributed by atoms with Gasteiger partial charge in [-0.1, -0.05) is 23.4 Å². The van der Waals surface area contributed by atoms with Crippen LogP contribution in [0.1, 0.15) is 13.8 Å². The molecule has 1 amide bonds. The maximum absolute atomic E-state index is 11.8. The van der Waals surface area contributed by atoms with Crippen molar-refractivity contribution >= 4 is 50.7 Å². The third kappa shape index (κ3) is 4.19. The van der Waals surface area contributed by atoms with Crippen molar-refractivity contribution in [3.05, 3.63) is 29.5 Å². The molecule has 2 aromatic heterocycles. The summed E-state index contributed by atoms with van der Waals surface area (Å²) >= 11 is 7.38. The minimum Gasteiger partial charge on any atom is -0.354 e. The number of hydrogen-bond donors (Lipinski definition) is 3. The Hall–Kier alpha value is -2.04. The number of nitrogens with one attached hydrogen (secondary N) is 3. The van der Waals surface area contributed by atoms with Gasteiger partial charge in [0.15, 0.2) is 10.7 Å². The van der Waals surface area contributed by atoms with Gasteiger partial charge in [0, 0.05) is 18.7 Å². The number of carbonyl (C=O) groups is 1. The zero-order valence-electron chi connectivity index (χ0n) is 13.9. The molecule has 0 radical (unpaired) electrons. The molecule has 8 nitrogen and oxygen atoms in total. The Morgan fingerprint density at radius 2 is 2.19 bits per heavy atom. The van der Waals surface area contributed by atoms with Crippen molar-refractivity contribution in [2.24, 2.45) is 0 Å². The Balaban J connectivity index is 1.88. The third-order valence-electron chi connectivity index (χ3n) is 3.49. The number of hydrogen-bond acceptors (Lipinski definition) is 7. The first-order chi connectivity index (χ1) is 12.3. The maximum atomic E-state index is 11.8. The van der Waals surface area contributed by atoms with Gasteiger partial charge in [-0.25, -0.2) is 18.4 Å². The molecule has 11 heteroatoms. The number of rotatable bonds is 5. The van der Waals surface area contributed by atoms with E-state index in [9.17, 15) is 13.2 Å². The number of pyridine rings is 2. The number of anilines is 2. The summed E-state index contributed by atoms with van der Waals surface area (Å²) in [5.41, 5.74) is 1.97. The van der Waals surface area contributed by atoms with E-state index < -0.39 is 10.0 Å². The quantitative estimate of drug-likeness (QED) is 0.645. The van der Waals surface area contributed by atoms with Crippen LogP contribution in [0.5, 0.6) is 0 Å². The SMILES string of the molecule is CCS(=O)(=O)Nc1cc(-c2ccc3c(n2)SC(NC(C)=O)N3)cnc1Cl. The molecule has 0 aromatic carbocycles. The second-order valence-electron chi connectivity index (χ2n) is 5.46. The standard InChI is InChI=1S/C15H16ClN5O3S2/c1-3-26(23,24)21-12-6-9(7-17-13(12)16)10-4-5-11-14(19-10)25-15(20-11)18-8(2)22/h4-7,15,20-21H,3H2,1-2H3,(H,18,22). The summed E-state index contributed by atoms with van der Waals surface area (Å²) in [5.74, 6) is -0.213. The van der Waals surface area contributed by atoms with Gasteiger partial charge < -0.3 is 10.6 Å². The molecule has 1 atom stereocenters. The first-order valence-corrected chi connectivity index (χ1v) is 10.6. The highest BCUT2D eigenvalue weighted by atomic mass is 35.5. The predicted octanol–water partition coefficient (Wildman–Crippen LogP) is 2.50. The third-order valence-corrected chi connectivity index (χ3v) is 6.09. The molecule has 1 unspecified atom stereocenters. The van der Waals surface area contributed by atoms with Crippen LogP contribution in [0, 0.1) is 0 Å². The minimum atomic E-state index is -3.47. The zero-order chi connectivity index (χ0) is 18.9. The summed E-state index contributed by atoms with van der Waals surface area (Å²) in [6, 6.07) is 5.22. The highest BCUT2D eigenvalue weighted by Crippen LogP contribution is 2.37. The molecule has 26 heavy (non-hydrogen) atoms. The van der Waals surface area contributed by atoms with Gasteiger partial charge in [0.1, 0.15) is 5.03 Å². The van der Waals surface area contributed by atoms with Crippen LogP contribution >= 0.6 is 23.4 Å². The second-order valence-corrected chi connectivity index (χ2v) is 8.92. The Bertz CT molecular complexity index is 968. The van der Waals surface area contributed by atoms with Gasteiger partial charge in [-0.2, -0.15) is 0 Å². The van der Waals surface area contributed by atoms with Crippen molar-refractivity contribution in [3.8, 4) is 11.3 Å². The van der Waals surface area contributed by atoms with Crippen LogP contribution < -0.4 is 15.4 Å². The van der Waals surface area contributed by atoms with E-state index in [0.717, 1.165) is 10.7 Å². The fraction of sp³-hybridized carbons (Fsp3) is 0.267. The molecule has 1 aliphatic rings. The van der Waals surface area contributed by atoms with Crippen LogP contribution in [-0.2, 0) is 14.8 Å². The smallest absolute Gasteiger partial charge is 0.232 e. The van der Waals surface area contributed by atoms with Crippen molar-refractivity contribution in [3.63, 3.8) is 0 Å². The monoisotopic (exact) mass is 413 g/mol. The summed E-state index contributed by atoms with van der Waals surface area (Å²) in [4.78, 5) is 19.8. The fourth-order valence-electron chi connectivity index (χ4n) is 2.23. The average Bonchev–Trinajstić information content (AvgIpc) is 2.97. The maximum Gasteiger partial charge on any atom is 0.232 e. The van der Waals surface area contributed by atoms with E-state index in [4.69, 9.17) is 11.6 Å². The van der Waals surface area contributed by atoms with Gasteiger partial charge >= 0.3 is 0 Å². The highest BCUT2D eigenvalue weighted by Gasteiger charge is 2.24. The lowest BCUT2D eigenvalue weighted by molar-refractivity contribution is -0.119. The number of amides is 1. The topological polar surface area (TPSA) is 113 Å². The Morgan fingerprint density at radius 1 is 1.42 bits per heavy atom. The first-order valence-electron chi connectivity index (χ1n) is 7.65. The molecule has 0 fully saturated rings. The molecular weight excluding hydrogens is 398 g/mol. The molecule has 0 bridgehead atoms. The summed E-state index contributed by atoms with van der Waals surface area (Å²) < 4.78 is 26.0. The summed E-state index contributed by atoms with van der Waals surface area (Å²) in [7, 11) is -3.47. The predicted molar refractivity (Wildman–Crippen MR) is 103 cm³/mol. The summed E-state index contributed by atoms with van der Waals surface area (Å²) in [6.45, 7) is 2.98. The van der Waals surface area contributed by atoms with Crippen LogP contribution in [-0.4, -0.2) is 35.5 Å². The van der Waals surface area contributed by atoms with Gasteiger partial charge in [0.05, 0.1) is 22.8 Å². The van der Waals surface area contributed by atoms with Gasteiger partial charge in [0.25, 0.3) is 0 Å². The lowest BCUT2D eigenvalue weighted by atomic mass is 10.2. The molecule has 138 valence electrons. The molecular formula is C15H16ClN5O3S2. The summed E-state index contributed by atoms with van der Waals surface area (Å²) in [5, 5.41) is 6.70. The van der Waals surface area contributed by atoms with E-state index in [0.29, 0.717) is 11.3 Å². The van der Waals surface area contributed by atoms with Crippen molar-refractivity contribution in [1.29, 1.82) is 0 Å². The minimum absolute atomic E-state index is 0.0636. The molecule has 3 rings (SSSR count). The Morgan fingerprint density at radius 3 is 2.88 bits per heavy atom. The Kier molecular flexibility index (Phi) is 5.26. The number of carbonyl (C=O) groups excluding carboxylic acids is 1. The summed E-state index contributed by atoms with van der Waals surface area (Å²) in [6.07, 6.45) is 1.53. The van der Waals surface area contributed by atoms with Crippen molar-refractivity contribution in [2.45, 2.75) is 24.4 Å². The lowest BCUT2D eigenvalue weighted by Crippen LogP contribution is -2.33. The molecule has 0 spiro atoms. The van der Waals surface area contributed by atoms with Gasteiger partial charge in [-0.05, 0) is 25.1 Å². The molecule has 0 saturated heterocycles. The largest absolute Gasteiger partial charge is 0.354 e. The van der Waals surface area contributed by atoms with Crippen LogP contribution in [0.25, 0.3) is 11.3 Å². The van der Waals surface area contributed by atoms with Crippen molar-refractivity contribution in [2.75, 3.05) is 15.8 Å². The van der Waals surface area contributed by atoms with Crippen LogP contribution in [0.15, 0.2) is 29.4 Å². The lowest BCUT2D eigenvalue weighted by Gasteiger charge is -2.10. The molecule has 3 heterocycles. The fourth-order valence-corrected chi connectivity index (χ4v) is 4.11. The van der Waals surface area contributed by atoms with Crippen molar-refractivity contribution in [1.82, 2.24) is 15.3 Å². The molecule has 2 aromatic rings. The van der Waals surface area contributed by atoms with E-state index in [-0.39, 0.29) is 28.0 Å². The van der Waals surface area contributed by atoms with Gasteiger partial charge in [-0.15, -0.1) is 0 Å². The van der Waals surface area contributed by atoms with Crippen LogP contribution in [0.3, 0.4) is 0 Å². The van der Waals surface area contributed by atoms with Crippen molar-refractivity contribution < 1.29 is 13.2 Å². The first kappa shape index (κ1) is 18.7. The number of nitrogens with zero attached hydrogens (tertiary/aromatic N) is 2. The number of halogens is 1. The van der Waals surface area contributed by atoms with Gasteiger partial charge in [0.2, 0.25) is 15.9 Å². The normalized spacial score (nSPS) is 15.9. The van der Waals surface area contributed by atoms with E-state index in [2.05, 4.69) is 25.3 Å². The van der Waals surface area contributed by atoms with E-state index in [1.807, 2.05) is 6.07 Å². The Labute approximate surface area is 160 Å². The molecule has 1 aliphatic heterocycles. The number of fused-ring (bicyclic) bond motifs is 1. The zero-order valence-corrected chi connectivity index (χ0v) is 16.3. The number of thioether (sulfide) groups is 1. The number of aromatic nitrogens is 2. The van der Waals surface area contributed by atoms with E-state index in [1.54, 1.807) is 12.1 Å². The van der Waals surface area contributed by atoms with Gasteiger partial charge in [-0.3, -0.25) is 9.52 Å². The molecule has 0 aliphatic carbocycles. The highest BCUT2D eigenvalue weighted by molar-refractivity contribution is 8.00. The number of sulfonamides is 1. The van der Waals surface area contributed by atoms with Crippen LogP contribution in [0.2, 0.25) is 5.15 Å². The average molecular weight is 414 g/mol. The molecule has 0 saturated carbocycles. The van der Waals surface area contributed by atoms with Crippen LogP contribution in [0.4, 0.5) is 11.4 Å². The molecule has 3 N–H and O–H groups in total. The van der Waals surface area contributed by atoms with E-state index in [1.165, 1.54) is 31.8 Å². The van der Waals surface area contributed by atoms with E-state index >= 15 is 0 Å². The second kappa shape index (κ2) is 7.29.